The van der Waals surface area contributed by atoms with Crippen molar-refractivity contribution >= 4 is 15.9 Å². The largest absolute Gasteiger partial charge is 0.494 e. The normalized spacial score (nSPS) is 15.7. The Bertz CT molecular complexity index is 1110. The maximum Gasteiger partial charge on any atom is 0.431 e. The topological polar surface area (TPSA) is 99.8 Å². The van der Waals surface area contributed by atoms with Gasteiger partial charge in [-0.05, 0) is 43.3 Å². The van der Waals surface area contributed by atoms with Crippen LogP contribution >= 0.6 is 0 Å². The van der Waals surface area contributed by atoms with Crippen molar-refractivity contribution in [1.82, 2.24) is 14.2 Å². The molecule has 3 rings (SSSR count). The van der Waals surface area contributed by atoms with Gasteiger partial charge in [-0.25, -0.2) is 8.42 Å². The molecule has 1 fully saturated rings. The zero-order chi connectivity index (χ0) is 22.8. The van der Waals surface area contributed by atoms with Crippen LogP contribution < -0.4 is 10.3 Å². The molecule has 1 amide bonds. The first-order chi connectivity index (χ1) is 14.5. The van der Waals surface area contributed by atoms with Crippen LogP contribution in [0.5, 0.6) is 5.75 Å². The molecule has 1 aromatic carbocycles. The molecule has 0 bridgehead atoms. The Balaban J connectivity index is 1.69. The number of carbonyl (C=O) groups excluding carboxylic acids is 1. The lowest BCUT2D eigenvalue weighted by Crippen LogP contribution is -2.51. The monoisotopic (exact) mass is 459 g/mol. The number of amides is 1. The number of ether oxygens (including phenoxy) is 1. The highest BCUT2D eigenvalue weighted by molar-refractivity contribution is 7.89. The van der Waals surface area contributed by atoms with Gasteiger partial charge in [-0.1, -0.05) is 0 Å². The lowest BCUT2D eigenvalue weighted by molar-refractivity contribution is -0.141. The van der Waals surface area contributed by atoms with Crippen LogP contribution in [0.2, 0.25) is 0 Å². The predicted molar refractivity (Wildman–Crippen MR) is 104 cm³/mol. The van der Waals surface area contributed by atoms with Gasteiger partial charge >= 0.3 is 6.18 Å². The van der Waals surface area contributed by atoms with Gasteiger partial charge in [0.1, 0.15) is 17.0 Å². The maximum atomic E-state index is 12.8. The molecule has 1 N–H and O–H groups in total. The van der Waals surface area contributed by atoms with E-state index < -0.39 is 38.9 Å². The van der Waals surface area contributed by atoms with Gasteiger partial charge < -0.3 is 14.6 Å². The zero-order valence-electron chi connectivity index (χ0n) is 16.5. The molecule has 0 atom stereocenters. The smallest absolute Gasteiger partial charge is 0.431 e. The molecule has 1 saturated heterocycles. The van der Waals surface area contributed by atoms with E-state index in [1.54, 1.807) is 17.1 Å². The van der Waals surface area contributed by atoms with Crippen LogP contribution in [-0.2, 0) is 16.2 Å². The van der Waals surface area contributed by atoms with Gasteiger partial charge in [0.25, 0.3) is 11.5 Å². The van der Waals surface area contributed by atoms with E-state index in [-0.39, 0.29) is 31.1 Å². The number of aromatic nitrogens is 1. The summed E-state index contributed by atoms with van der Waals surface area (Å²) in [6.07, 6.45) is -4.73. The van der Waals surface area contributed by atoms with Gasteiger partial charge in [0.05, 0.1) is 11.5 Å². The number of alkyl halides is 3. The molecule has 12 heteroatoms. The molecule has 31 heavy (non-hydrogen) atoms. The minimum absolute atomic E-state index is 0.00441. The molecule has 0 aliphatic carbocycles. The molecule has 1 aliphatic heterocycles. The number of pyridine rings is 1. The van der Waals surface area contributed by atoms with E-state index in [1.165, 1.54) is 21.3 Å². The molecule has 0 radical (unpaired) electrons. The van der Waals surface area contributed by atoms with Crippen molar-refractivity contribution < 1.29 is 31.1 Å². The van der Waals surface area contributed by atoms with Gasteiger partial charge in [0, 0.05) is 26.2 Å². The fourth-order valence-electron chi connectivity index (χ4n) is 3.13. The van der Waals surface area contributed by atoms with Crippen molar-refractivity contribution in [2.45, 2.75) is 18.0 Å². The molecule has 0 saturated carbocycles. The van der Waals surface area contributed by atoms with E-state index in [9.17, 15) is 31.2 Å². The molecule has 8 nitrogen and oxygen atoms in total. The standard InChI is InChI=1S/C19H20F3N3O5S/c1-2-30-13-3-5-14(6-4-13)31(28,29)25-11-9-24(10-12-25)18(27)15-7-8-16(19(20,21)22)23-17(15)26/h3-8H,2,9-12H2,1H3,(H,23,26). The third-order valence-corrected chi connectivity index (χ3v) is 6.66. The van der Waals surface area contributed by atoms with Crippen LogP contribution in [0.15, 0.2) is 46.1 Å². The molecule has 0 unspecified atom stereocenters. The summed E-state index contributed by atoms with van der Waals surface area (Å²) >= 11 is 0. The zero-order valence-corrected chi connectivity index (χ0v) is 17.3. The number of carbonyl (C=O) groups is 1. The Labute approximate surface area is 176 Å². The fourth-order valence-corrected chi connectivity index (χ4v) is 4.56. The highest BCUT2D eigenvalue weighted by Crippen LogP contribution is 2.26. The number of hydrogen-bond donors (Lipinski definition) is 1. The number of aromatic amines is 1. The average Bonchev–Trinajstić information content (AvgIpc) is 2.73. The summed E-state index contributed by atoms with van der Waals surface area (Å²) < 4.78 is 70.2. The summed E-state index contributed by atoms with van der Waals surface area (Å²) in [5, 5.41) is 0. The molecule has 1 aliphatic rings. The third kappa shape index (κ3) is 4.90. The number of sulfonamides is 1. The van der Waals surface area contributed by atoms with Gasteiger partial charge in [-0.15, -0.1) is 0 Å². The number of nitrogens with zero attached hydrogens (tertiary/aromatic N) is 2. The van der Waals surface area contributed by atoms with Crippen LogP contribution in [0.3, 0.4) is 0 Å². The lowest BCUT2D eigenvalue weighted by Gasteiger charge is -2.34. The van der Waals surface area contributed by atoms with Crippen molar-refractivity contribution in [3.05, 3.63) is 58.0 Å². The number of halogens is 3. The molecule has 2 heterocycles. The Morgan fingerprint density at radius 1 is 1.06 bits per heavy atom. The first-order valence-electron chi connectivity index (χ1n) is 9.37. The highest BCUT2D eigenvalue weighted by atomic mass is 32.2. The summed E-state index contributed by atoms with van der Waals surface area (Å²) in [6.45, 7) is 2.22. The molecular formula is C19H20F3N3O5S. The average molecular weight is 459 g/mol. The summed E-state index contributed by atoms with van der Waals surface area (Å²) in [5.74, 6) is -0.216. The Kier molecular flexibility index (Phi) is 6.41. The third-order valence-electron chi connectivity index (χ3n) is 4.74. The van der Waals surface area contributed by atoms with Crippen molar-refractivity contribution in [2.24, 2.45) is 0 Å². The number of piperazine rings is 1. The Morgan fingerprint density at radius 3 is 2.19 bits per heavy atom. The number of hydrogen-bond acceptors (Lipinski definition) is 5. The molecule has 0 spiro atoms. The van der Waals surface area contributed by atoms with E-state index in [1.807, 2.05) is 6.92 Å². The molecule has 2 aromatic rings. The van der Waals surface area contributed by atoms with Gasteiger partial charge in [-0.3, -0.25) is 9.59 Å². The van der Waals surface area contributed by atoms with Crippen molar-refractivity contribution in [1.29, 1.82) is 0 Å². The van der Waals surface area contributed by atoms with Crippen LogP contribution in [-0.4, -0.2) is 61.3 Å². The van der Waals surface area contributed by atoms with Crippen LogP contribution in [0.1, 0.15) is 23.0 Å². The van der Waals surface area contributed by atoms with E-state index in [2.05, 4.69) is 0 Å². The maximum absolute atomic E-state index is 12.8. The van der Waals surface area contributed by atoms with E-state index >= 15 is 0 Å². The fraction of sp³-hybridized carbons (Fsp3) is 0.368. The van der Waals surface area contributed by atoms with Crippen molar-refractivity contribution in [3.63, 3.8) is 0 Å². The Morgan fingerprint density at radius 2 is 1.68 bits per heavy atom. The molecule has 1 aromatic heterocycles. The lowest BCUT2D eigenvalue weighted by atomic mass is 10.2. The first kappa shape index (κ1) is 22.8. The summed E-state index contributed by atoms with van der Waals surface area (Å²) in [5.41, 5.74) is -2.83. The number of H-pyrrole nitrogens is 1. The van der Waals surface area contributed by atoms with Gasteiger partial charge in [0.2, 0.25) is 10.0 Å². The number of rotatable bonds is 5. The summed E-state index contributed by atoms with van der Waals surface area (Å²) in [6, 6.07) is 7.41. The first-order valence-corrected chi connectivity index (χ1v) is 10.8. The number of nitrogens with one attached hydrogen (secondary N) is 1. The van der Waals surface area contributed by atoms with Crippen LogP contribution in [0.25, 0.3) is 0 Å². The van der Waals surface area contributed by atoms with Crippen molar-refractivity contribution in [2.75, 3.05) is 32.8 Å². The van der Waals surface area contributed by atoms with E-state index in [0.29, 0.717) is 18.4 Å². The quantitative estimate of drug-likeness (QED) is 0.737. The minimum atomic E-state index is -4.73. The highest BCUT2D eigenvalue weighted by Gasteiger charge is 2.34. The van der Waals surface area contributed by atoms with Crippen LogP contribution in [0.4, 0.5) is 13.2 Å². The summed E-state index contributed by atoms with van der Waals surface area (Å²) in [4.78, 5) is 27.5. The number of benzene rings is 1. The second-order valence-electron chi connectivity index (χ2n) is 6.71. The van der Waals surface area contributed by atoms with E-state index in [4.69, 9.17) is 4.74 Å². The Hall–Kier alpha value is -2.86. The minimum Gasteiger partial charge on any atom is -0.494 e. The second kappa shape index (κ2) is 8.71. The van der Waals surface area contributed by atoms with Crippen molar-refractivity contribution in [3.8, 4) is 5.75 Å². The SMILES string of the molecule is CCOc1ccc(S(=O)(=O)N2CCN(C(=O)c3ccc(C(F)(F)F)[nH]c3=O)CC2)cc1. The second-order valence-corrected chi connectivity index (χ2v) is 8.65. The summed E-state index contributed by atoms with van der Waals surface area (Å²) in [7, 11) is -3.79. The van der Waals surface area contributed by atoms with E-state index in [0.717, 1.165) is 6.07 Å². The van der Waals surface area contributed by atoms with Gasteiger partial charge in [0.15, 0.2) is 0 Å². The molecule has 168 valence electrons. The predicted octanol–water partition coefficient (Wildman–Crippen LogP) is 1.94. The molecular weight excluding hydrogens is 439 g/mol. The van der Waals surface area contributed by atoms with Crippen LogP contribution in [0, 0.1) is 0 Å². The van der Waals surface area contributed by atoms with Gasteiger partial charge in [-0.2, -0.15) is 17.5 Å².